The largest absolute Gasteiger partial charge is 0.496 e. The molecule has 0 aliphatic carbocycles. The molecular weight excluding hydrogens is 278 g/mol. The van der Waals surface area contributed by atoms with Crippen molar-refractivity contribution >= 4 is 10.0 Å². The van der Waals surface area contributed by atoms with Gasteiger partial charge in [0.05, 0.1) is 25.2 Å². The van der Waals surface area contributed by atoms with Gasteiger partial charge in [-0.05, 0) is 44.0 Å². The van der Waals surface area contributed by atoms with E-state index in [1.54, 1.807) is 26.2 Å². The smallest absolute Gasteiger partial charge is 0.243 e. The number of nitrogens with zero attached hydrogens (tertiary/aromatic N) is 1. The molecule has 1 aliphatic rings. The molecule has 0 radical (unpaired) electrons. The molecule has 1 atom stereocenters. The van der Waals surface area contributed by atoms with Crippen molar-refractivity contribution in [2.45, 2.75) is 31.7 Å². The van der Waals surface area contributed by atoms with Gasteiger partial charge in [-0.1, -0.05) is 0 Å². The van der Waals surface area contributed by atoms with Crippen LogP contribution in [0.2, 0.25) is 0 Å². The summed E-state index contributed by atoms with van der Waals surface area (Å²) in [6.07, 6.45) is 0. The molecule has 6 heteroatoms. The highest BCUT2D eigenvalue weighted by Crippen LogP contribution is 2.29. The fourth-order valence-corrected chi connectivity index (χ4v) is 4.35. The van der Waals surface area contributed by atoms with Gasteiger partial charge in [0, 0.05) is 12.6 Å². The van der Waals surface area contributed by atoms with Crippen LogP contribution in [0.15, 0.2) is 17.0 Å². The van der Waals surface area contributed by atoms with E-state index in [1.807, 2.05) is 13.8 Å². The summed E-state index contributed by atoms with van der Waals surface area (Å²) >= 11 is 0. The normalized spacial score (nSPS) is 20.9. The second kappa shape index (κ2) is 5.71. The van der Waals surface area contributed by atoms with E-state index in [-0.39, 0.29) is 6.04 Å². The molecule has 0 saturated carbocycles. The first-order valence-electron chi connectivity index (χ1n) is 6.62. The molecular formula is C14H21NO4S. The van der Waals surface area contributed by atoms with Gasteiger partial charge in [0.2, 0.25) is 10.0 Å². The Balaban J connectivity index is 2.46. The Bertz CT molecular complexity index is 597. The second-order valence-corrected chi connectivity index (χ2v) is 6.99. The molecule has 112 valence electrons. The Kier molecular flexibility index (Phi) is 4.36. The van der Waals surface area contributed by atoms with Crippen molar-refractivity contribution in [1.82, 2.24) is 4.31 Å². The van der Waals surface area contributed by atoms with Gasteiger partial charge in [0.15, 0.2) is 0 Å². The van der Waals surface area contributed by atoms with Gasteiger partial charge < -0.3 is 9.47 Å². The number of hydrogen-bond donors (Lipinski definition) is 0. The highest BCUT2D eigenvalue weighted by atomic mass is 32.2. The first-order chi connectivity index (χ1) is 9.37. The number of rotatable bonds is 3. The lowest BCUT2D eigenvalue weighted by Crippen LogP contribution is -2.47. The number of morpholine rings is 1. The van der Waals surface area contributed by atoms with Gasteiger partial charge in [-0.15, -0.1) is 0 Å². The van der Waals surface area contributed by atoms with Crippen molar-refractivity contribution < 1.29 is 17.9 Å². The van der Waals surface area contributed by atoms with Crippen LogP contribution in [-0.2, 0) is 14.8 Å². The van der Waals surface area contributed by atoms with Crippen molar-refractivity contribution in [2.24, 2.45) is 0 Å². The van der Waals surface area contributed by atoms with Gasteiger partial charge in [0.1, 0.15) is 5.75 Å². The predicted molar refractivity (Wildman–Crippen MR) is 76.6 cm³/mol. The van der Waals surface area contributed by atoms with Crippen LogP contribution in [0, 0.1) is 13.8 Å². The van der Waals surface area contributed by atoms with Crippen LogP contribution in [-0.4, -0.2) is 45.6 Å². The van der Waals surface area contributed by atoms with Crippen LogP contribution >= 0.6 is 0 Å². The van der Waals surface area contributed by atoms with Crippen LogP contribution in [0.25, 0.3) is 0 Å². The third kappa shape index (κ3) is 2.68. The summed E-state index contributed by atoms with van der Waals surface area (Å²) in [6, 6.07) is 3.31. The molecule has 0 spiro atoms. The monoisotopic (exact) mass is 299 g/mol. The highest BCUT2D eigenvalue weighted by Gasteiger charge is 2.32. The number of aryl methyl sites for hydroxylation is 2. The van der Waals surface area contributed by atoms with E-state index >= 15 is 0 Å². The van der Waals surface area contributed by atoms with E-state index in [0.717, 1.165) is 5.56 Å². The molecule has 1 aromatic rings. The maximum absolute atomic E-state index is 12.8. The molecule has 1 aromatic carbocycles. The lowest BCUT2D eigenvalue weighted by molar-refractivity contribution is 0.0392. The molecule has 0 N–H and O–H groups in total. The van der Waals surface area contributed by atoms with Crippen LogP contribution in [0.4, 0.5) is 0 Å². The topological polar surface area (TPSA) is 55.8 Å². The lowest BCUT2D eigenvalue weighted by Gasteiger charge is -2.32. The summed E-state index contributed by atoms with van der Waals surface area (Å²) in [6.45, 7) is 6.78. The summed E-state index contributed by atoms with van der Waals surface area (Å²) in [5, 5.41) is 0. The van der Waals surface area contributed by atoms with Crippen molar-refractivity contribution in [3.63, 3.8) is 0 Å². The molecule has 20 heavy (non-hydrogen) atoms. The standard InChI is InChI=1S/C14H21NO4S/c1-10-8-14(11(2)7-13(10)18-4)20(16,17)15-5-6-19-9-12(15)3/h7-8,12H,5-6,9H2,1-4H3. The van der Waals surface area contributed by atoms with Crippen molar-refractivity contribution in [3.05, 3.63) is 23.3 Å². The van der Waals surface area contributed by atoms with Gasteiger partial charge in [-0.3, -0.25) is 0 Å². The molecule has 1 unspecified atom stereocenters. The van der Waals surface area contributed by atoms with E-state index in [0.29, 0.717) is 36.0 Å². The Morgan fingerprint density at radius 2 is 2.00 bits per heavy atom. The van der Waals surface area contributed by atoms with E-state index in [1.165, 1.54) is 4.31 Å². The first-order valence-corrected chi connectivity index (χ1v) is 8.06. The molecule has 0 amide bonds. The van der Waals surface area contributed by atoms with Crippen molar-refractivity contribution in [3.8, 4) is 5.75 Å². The zero-order valence-electron chi connectivity index (χ0n) is 12.3. The average molecular weight is 299 g/mol. The van der Waals surface area contributed by atoms with E-state index in [9.17, 15) is 8.42 Å². The van der Waals surface area contributed by atoms with Crippen LogP contribution in [0.3, 0.4) is 0 Å². The predicted octanol–water partition coefficient (Wildman–Crippen LogP) is 1.72. The summed E-state index contributed by atoms with van der Waals surface area (Å²) in [5.41, 5.74) is 1.52. The zero-order valence-corrected chi connectivity index (χ0v) is 13.2. The fourth-order valence-electron chi connectivity index (χ4n) is 2.46. The number of ether oxygens (including phenoxy) is 2. The molecule has 0 bridgehead atoms. The number of benzene rings is 1. The van der Waals surface area contributed by atoms with Gasteiger partial charge >= 0.3 is 0 Å². The Morgan fingerprint density at radius 3 is 2.60 bits per heavy atom. The van der Waals surface area contributed by atoms with Crippen LogP contribution < -0.4 is 4.74 Å². The molecule has 5 nitrogen and oxygen atoms in total. The summed E-state index contributed by atoms with van der Waals surface area (Å²) < 4.78 is 37.7. The quantitative estimate of drug-likeness (QED) is 0.853. The molecule has 2 rings (SSSR count). The SMILES string of the molecule is COc1cc(C)c(S(=O)(=O)N2CCOCC2C)cc1C. The zero-order chi connectivity index (χ0) is 14.9. The van der Waals surface area contributed by atoms with Crippen LogP contribution in [0.5, 0.6) is 5.75 Å². The van der Waals surface area contributed by atoms with Crippen molar-refractivity contribution in [2.75, 3.05) is 26.9 Å². The third-order valence-electron chi connectivity index (χ3n) is 3.59. The van der Waals surface area contributed by atoms with E-state index < -0.39 is 10.0 Å². The number of hydrogen-bond acceptors (Lipinski definition) is 4. The maximum Gasteiger partial charge on any atom is 0.243 e. The van der Waals surface area contributed by atoms with Crippen molar-refractivity contribution in [1.29, 1.82) is 0 Å². The Morgan fingerprint density at radius 1 is 1.30 bits per heavy atom. The van der Waals surface area contributed by atoms with Gasteiger partial charge in [0.25, 0.3) is 0 Å². The second-order valence-electron chi connectivity index (χ2n) is 5.13. The maximum atomic E-state index is 12.8. The fraction of sp³-hybridized carbons (Fsp3) is 0.571. The average Bonchev–Trinajstić information content (AvgIpc) is 2.41. The number of methoxy groups -OCH3 is 1. The lowest BCUT2D eigenvalue weighted by atomic mass is 10.1. The Labute approximate surface area is 120 Å². The molecule has 1 fully saturated rings. The minimum atomic E-state index is -3.49. The minimum Gasteiger partial charge on any atom is -0.496 e. The third-order valence-corrected chi connectivity index (χ3v) is 5.74. The van der Waals surface area contributed by atoms with E-state index in [4.69, 9.17) is 9.47 Å². The number of sulfonamides is 1. The highest BCUT2D eigenvalue weighted by molar-refractivity contribution is 7.89. The molecule has 1 saturated heterocycles. The Hall–Kier alpha value is -1.11. The first kappa shape index (κ1) is 15.3. The summed E-state index contributed by atoms with van der Waals surface area (Å²) in [5.74, 6) is 0.705. The summed E-state index contributed by atoms with van der Waals surface area (Å²) in [4.78, 5) is 0.351. The molecule has 1 heterocycles. The summed E-state index contributed by atoms with van der Waals surface area (Å²) in [7, 11) is -1.91. The molecule has 0 aromatic heterocycles. The van der Waals surface area contributed by atoms with Gasteiger partial charge in [-0.25, -0.2) is 8.42 Å². The van der Waals surface area contributed by atoms with E-state index in [2.05, 4.69) is 0 Å². The minimum absolute atomic E-state index is 0.143. The van der Waals surface area contributed by atoms with Crippen LogP contribution in [0.1, 0.15) is 18.1 Å². The molecule has 1 aliphatic heterocycles. The van der Waals surface area contributed by atoms with Gasteiger partial charge in [-0.2, -0.15) is 4.31 Å².